The summed E-state index contributed by atoms with van der Waals surface area (Å²) in [6.07, 6.45) is 20.9. The van der Waals surface area contributed by atoms with E-state index in [1.54, 1.807) is 11.3 Å². The molecule has 9 aliphatic heterocycles. The van der Waals surface area contributed by atoms with Gasteiger partial charge in [-0.25, -0.2) is 4.79 Å². The summed E-state index contributed by atoms with van der Waals surface area (Å²) in [6, 6.07) is 16.8. The van der Waals surface area contributed by atoms with Gasteiger partial charge in [0.1, 0.15) is 11.2 Å². The molecule has 15 bridgehead atoms. The number of nitrogens with zero attached hydrogens (tertiary/aromatic N) is 2. The zero-order chi connectivity index (χ0) is 41.7. The van der Waals surface area contributed by atoms with Gasteiger partial charge in [0.15, 0.2) is 5.60 Å². The molecule has 5 aliphatic carbocycles. The second-order valence-electron chi connectivity index (χ2n) is 21.9. The SMILES string of the molecule is CCC[C@@H]1CC=C2OC(=O)[C@@]34C5=C6CC[C@@]23[C@]2(OC(=O)c3c(CCCN)cccc32)[C@H]4CCCCc2cccc(c2)CC(=C5)[C@@H]2[C@@H]6C3=C(CC[C@H]4[C@H]5C[C@H](CN1C5)CN34)C[C@@H]2C. The summed E-state index contributed by atoms with van der Waals surface area (Å²) in [4.78, 5) is 36.8. The van der Waals surface area contributed by atoms with E-state index in [4.69, 9.17) is 15.2 Å². The van der Waals surface area contributed by atoms with Crippen molar-refractivity contribution in [3.8, 4) is 0 Å². The minimum atomic E-state index is -0.993. The van der Waals surface area contributed by atoms with Gasteiger partial charge in [0.05, 0.1) is 11.0 Å². The first-order chi connectivity index (χ1) is 30.3. The Morgan fingerprint density at radius 1 is 0.984 bits per heavy atom. The smallest absolute Gasteiger partial charge is 0.339 e. The zero-order valence-corrected chi connectivity index (χ0v) is 37.1. The summed E-state index contributed by atoms with van der Waals surface area (Å²) in [6.45, 7) is 8.92. The van der Waals surface area contributed by atoms with E-state index in [0.29, 0.717) is 42.3 Å². The molecule has 3 saturated heterocycles. The van der Waals surface area contributed by atoms with Gasteiger partial charge in [-0.2, -0.15) is 0 Å². The highest BCUT2D eigenvalue weighted by Crippen LogP contribution is 2.87. The topological polar surface area (TPSA) is 85.1 Å². The Kier molecular flexibility index (Phi) is 8.56. The number of fused-ring (bicyclic) bond motifs is 6. The third-order valence-corrected chi connectivity index (χ3v) is 19.2. The Morgan fingerprint density at radius 3 is 2.76 bits per heavy atom. The number of rotatable bonds is 5. The van der Waals surface area contributed by atoms with Crippen LogP contribution in [-0.4, -0.2) is 60.0 Å². The van der Waals surface area contributed by atoms with E-state index in [0.717, 1.165) is 113 Å². The summed E-state index contributed by atoms with van der Waals surface area (Å²) in [5.41, 5.74) is 16.5. The lowest BCUT2D eigenvalue weighted by Gasteiger charge is -2.71. The van der Waals surface area contributed by atoms with E-state index in [9.17, 15) is 4.79 Å². The zero-order valence-electron chi connectivity index (χ0n) is 37.1. The molecule has 14 aliphatic rings. The number of ether oxygens (including phenoxy) is 2. The molecule has 16 rings (SSSR count). The van der Waals surface area contributed by atoms with Crippen LogP contribution in [0.15, 0.2) is 88.4 Å². The van der Waals surface area contributed by atoms with E-state index < -0.39 is 16.4 Å². The van der Waals surface area contributed by atoms with Gasteiger partial charge in [-0.1, -0.05) is 91.9 Å². The van der Waals surface area contributed by atoms with E-state index >= 15 is 4.79 Å². The molecule has 324 valence electrons. The van der Waals surface area contributed by atoms with Crippen molar-refractivity contribution in [2.75, 3.05) is 26.2 Å². The fraction of sp³-hybridized carbons (Fsp3) is 0.600. The number of carbonyl (C=O) groups is 2. The van der Waals surface area contributed by atoms with Gasteiger partial charge in [0.2, 0.25) is 0 Å². The van der Waals surface area contributed by atoms with Crippen LogP contribution in [0.1, 0.15) is 130 Å². The molecule has 12 atom stereocenters. The van der Waals surface area contributed by atoms with Crippen molar-refractivity contribution in [2.24, 2.45) is 52.1 Å². The van der Waals surface area contributed by atoms with Crippen molar-refractivity contribution in [1.29, 1.82) is 0 Å². The van der Waals surface area contributed by atoms with Crippen molar-refractivity contribution in [2.45, 2.75) is 134 Å². The number of nitrogens with two attached hydrogens (primary N) is 1. The average molecular weight is 832 g/mol. The normalized spacial score (nSPS) is 40.6. The van der Waals surface area contributed by atoms with Crippen LogP contribution in [0.25, 0.3) is 0 Å². The van der Waals surface area contributed by atoms with E-state index in [2.05, 4.69) is 78.3 Å². The van der Waals surface area contributed by atoms with Crippen molar-refractivity contribution >= 4 is 11.9 Å². The first-order valence-corrected chi connectivity index (χ1v) is 25.1. The fourth-order valence-electron chi connectivity index (χ4n) is 17.3. The van der Waals surface area contributed by atoms with Crippen molar-refractivity contribution < 1.29 is 19.1 Å². The Hall–Kier alpha value is -3.94. The first kappa shape index (κ1) is 38.5. The summed E-state index contributed by atoms with van der Waals surface area (Å²) in [5.74, 6) is 2.77. The molecule has 9 heterocycles. The minimum absolute atomic E-state index is 0.0828. The second-order valence-corrected chi connectivity index (χ2v) is 21.9. The van der Waals surface area contributed by atoms with E-state index in [1.165, 1.54) is 60.1 Å². The van der Waals surface area contributed by atoms with Crippen LogP contribution in [0.5, 0.6) is 0 Å². The van der Waals surface area contributed by atoms with E-state index in [1.807, 2.05) is 0 Å². The third kappa shape index (κ3) is 4.75. The Morgan fingerprint density at radius 2 is 1.87 bits per heavy atom. The second kappa shape index (κ2) is 13.8. The molecule has 62 heavy (non-hydrogen) atoms. The first-order valence-electron chi connectivity index (χ1n) is 25.1. The molecule has 0 aromatic heterocycles. The molecule has 2 aromatic carbocycles. The number of aryl methyl sites for hydroxylation is 2. The van der Waals surface area contributed by atoms with Crippen LogP contribution < -0.4 is 5.73 Å². The van der Waals surface area contributed by atoms with Gasteiger partial charge < -0.3 is 20.1 Å². The predicted octanol–water partition coefficient (Wildman–Crippen LogP) is 9.50. The Bertz CT molecular complexity index is 2430. The number of benzene rings is 2. The Balaban J connectivity index is 1.11. The van der Waals surface area contributed by atoms with Gasteiger partial charge in [-0.15, -0.1) is 0 Å². The van der Waals surface area contributed by atoms with Crippen molar-refractivity contribution in [3.63, 3.8) is 0 Å². The predicted molar refractivity (Wildman–Crippen MR) is 239 cm³/mol. The highest BCUT2D eigenvalue weighted by molar-refractivity contribution is 6.00. The standard InChI is InChI=1S/C55H65N3O4/c1-3-9-40-18-20-46-53-22-21-41-43-28-38(47-32(2)24-37-17-19-44-39-27-35(29-57(40)31-39)30-58(44)50(37)49(41)47)26-34-12-6-11-33(25-34)10-4-5-16-45(54(43,53)52(60)61-46)55(53)42-15-7-13-36(14-8-23-56)48(42)51(59)62-55/h6-7,11-13,15,20,25,28,32,35,39-40,44-45,47,49H,3-5,8-10,14,16-19,21-24,26-27,29-31,56H2,1-2H3/t32-,35+,39-,40+,44-,45-,47+,49+,53+,54-,55+/m0/s1. The number of hydrogen-bond donors (Lipinski definition) is 1. The van der Waals surface area contributed by atoms with Gasteiger partial charge in [0.25, 0.3) is 0 Å². The number of esters is 2. The van der Waals surface area contributed by atoms with Gasteiger partial charge in [-0.05, 0) is 148 Å². The lowest BCUT2D eigenvalue weighted by molar-refractivity contribution is -0.275. The van der Waals surface area contributed by atoms with Crippen LogP contribution in [0.2, 0.25) is 0 Å². The number of hydrogen-bond acceptors (Lipinski definition) is 7. The van der Waals surface area contributed by atoms with Gasteiger partial charge in [-0.3, -0.25) is 9.69 Å². The van der Waals surface area contributed by atoms with Crippen LogP contribution in [0, 0.1) is 46.3 Å². The molecule has 2 N–H and O–H groups in total. The molecule has 1 saturated carbocycles. The quantitative estimate of drug-likeness (QED) is 0.301. The molecule has 7 nitrogen and oxygen atoms in total. The lowest BCUT2D eigenvalue weighted by Crippen LogP contribution is -2.77. The molecule has 7 heteroatoms. The molecule has 3 spiro atoms. The maximum atomic E-state index is 16.0. The monoisotopic (exact) mass is 831 g/mol. The highest BCUT2D eigenvalue weighted by Gasteiger charge is 2.92. The maximum Gasteiger partial charge on any atom is 0.339 e. The highest BCUT2D eigenvalue weighted by atomic mass is 16.6. The Labute approximate surface area is 368 Å². The average Bonchev–Trinajstić information content (AvgIpc) is 3.71. The van der Waals surface area contributed by atoms with Crippen LogP contribution >= 0.6 is 0 Å². The summed E-state index contributed by atoms with van der Waals surface area (Å²) >= 11 is 0. The molecular formula is C55H65N3O4. The van der Waals surface area contributed by atoms with Gasteiger partial charge in [0, 0.05) is 54.8 Å². The molecule has 1 unspecified atom stereocenters. The molecule has 2 aromatic rings. The summed E-state index contributed by atoms with van der Waals surface area (Å²) in [5, 5.41) is 0. The number of piperidine rings is 2. The molecule has 0 radical (unpaired) electrons. The van der Waals surface area contributed by atoms with E-state index in [-0.39, 0.29) is 23.8 Å². The fourth-order valence-corrected chi connectivity index (χ4v) is 17.3. The maximum absolute atomic E-state index is 16.0. The number of carbonyl (C=O) groups excluding carboxylic acids is 2. The third-order valence-electron chi connectivity index (χ3n) is 19.2. The summed E-state index contributed by atoms with van der Waals surface area (Å²) < 4.78 is 14.3. The molecule has 0 amide bonds. The minimum Gasteiger partial charge on any atom is -0.449 e. The van der Waals surface area contributed by atoms with Gasteiger partial charge >= 0.3 is 11.9 Å². The van der Waals surface area contributed by atoms with Crippen molar-refractivity contribution in [3.05, 3.63) is 116 Å². The number of allylic oxidation sites excluding steroid dienone is 4. The van der Waals surface area contributed by atoms with Crippen LogP contribution in [0.3, 0.4) is 0 Å². The lowest BCUT2D eigenvalue weighted by atomic mass is 9.29. The molecule has 4 fully saturated rings. The summed E-state index contributed by atoms with van der Waals surface area (Å²) in [7, 11) is 0. The van der Waals surface area contributed by atoms with Crippen molar-refractivity contribution in [1.82, 2.24) is 9.80 Å². The van der Waals surface area contributed by atoms with Crippen LogP contribution in [0.4, 0.5) is 0 Å². The largest absolute Gasteiger partial charge is 0.449 e. The molecular weight excluding hydrogens is 767 g/mol. The van der Waals surface area contributed by atoms with Crippen LogP contribution in [-0.2, 0) is 39.1 Å².